The van der Waals surface area contributed by atoms with Crippen LogP contribution in [0.25, 0.3) is 5.65 Å². The molecule has 8 heteroatoms. The highest BCUT2D eigenvalue weighted by Crippen LogP contribution is 2.25. The molecule has 6 nitrogen and oxygen atoms in total. The minimum Gasteiger partial charge on any atom is -0.371 e. The van der Waals surface area contributed by atoms with Gasteiger partial charge in [-0.15, -0.1) is 0 Å². The average Bonchev–Trinajstić information content (AvgIpc) is 3.12. The minimum atomic E-state index is -3.60. The monoisotopic (exact) mass is 326 g/mol. The van der Waals surface area contributed by atoms with Gasteiger partial charge in [-0.1, -0.05) is 6.07 Å². The highest BCUT2D eigenvalue weighted by Gasteiger charge is 2.26. The van der Waals surface area contributed by atoms with E-state index in [1.54, 1.807) is 29.8 Å². The van der Waals surface area contributed by atoms with Crippen molar-refractivity contribution in [2.75, 3.05) is 30.4 Å². The van der Waals surface area contributed by atoms with E-state index in [4.69, 9.17) is 0 Å². The van der Waals surface area contributed by atoms with Crippen molar-refractivity contribution in [1.29, 1.82) is 0 Å². The van der Waals surface area contributed by atoms with Gasteiger partial charge in [0.2, 0.25) is 0 Å². The molecule has 1 aliphatic heterocycles. The number of rotatable bonds is 5. The predicted octanol–water partition coefficient (Wildman–Crippen LogP) is 1.41. The Morgan fingerprint density at radius 1 is 1.48 bits per heavy atom. The third-order valence-electron chi connectivity index (χ3n) is 3.56. The van der Waals surface area contributed by atoms with Crippen molar-refractivity contribution in [3.05, 3.63) is 24.4 Å². The lowest BCUT2D eigenvalue weighted by atomic mass is 10.1. The number of hydrogen-bond acceptors (Lipinski definition) is 5. The second kappa shape index (κ2) is 5.86. The van der Waals surface area contributed by atoms with Gasteiger partial charge in [0.05, 0.1) is 0 Å². The highest BCUT2D eigenvalue weighted by molar-refractivity contribution is 7.99. The number of hydrogen-bond donors (Lipinski definition) is 2. The molecule has 0 saturated carbocycles. The van der Waals surface area contributed by atoms with Crippen LogP contribution < -0.4 is 10.0 Å². The molecule has 0 aliphatic carbocycles. The third-order valence-corrected chi connectivity index (χ3v) is 6.24. The Morgan fingerprint density at radius 3 is 3.05 bits per heavy atom. The number of imidazole rings is 1. The summed E-state index contributed by atoms with van der Waals surface area (Å²) in [6.07, 6.45) is 2.78. The normalized spacial score (nSPS) is 19.2. The molecule has 0 spiro atoms. The van der Waals surface area contributed by atoms with Crippen molar-refractivity contribution in [2.24, 2.45) is 5.92 Å². The number of nitrogens with one attached hydrogen (secondary N) is 2. The lowest BCUT2D eigenvalue weighted by Gasteiger charge is -2.11. The summed E-state index contributed by atoms with van der Waals surface area (Å²) in [5.74, 6) is 2.93. The molecule has 2 aromatic rings. The second-order valence-corrected chi connectivity index (χ2v) is 7.86. The molecule has 21 heavy (non-hydrogen) atoms. The van der Waals surface area contributed by atoms with Crippen LogP contribution in [0.3, 0.4) is 0 Å². The molecule has 0 bridgehead atoms. The van der Waals surface area contributed by atoms with E-state index < -0.39 is 10.0 Å². The Bertz CT molecular complexity index is 736. The second-order valence-electron chi connectivity index (χ2n) is 5.03. The molecule has 114 valence electrons. The zero-order chi connectivity index (χ0) is 14.9. The standard InChI is InChI=1S/C13H18N4O2S2/c1-14-12-13(17-6-3-2-4-11(17)16-12)21(18,19)15-8-10-5-7-20-9-10/h2-4,6,10,14-15H,5,7-9H2,1H3. The number of aromatic nitrogens is 2. The maximum Gasteiger partial charge on any atom is 0.260 e. The molecule has 0 radical (unpaired) electrons. The van der Waals surface area contributed by atoms with Crippen LogP contribution in [-0.4, -0.2) is 42.9 Å². The molecule has 1 saturated heterocycles. The van der Waals surface area contributed by atoms with Crippen LogP contribution in [-0.2, 0) is 10.0 Å². The summed E-state index contributed by atoms with van der Waals surface area (Å²) >= 11 is 1.88. The maximum absolute atomic E-state index is 12.6. The zero-order valence-corrected chi connectivity index (χ0v) is 13.4. The van der Waals surface area contributed by atoms with Gasteiger partial charge in [-0.2, -0.15) is 11.8 Å². The molecular weight excluding hydrogens is 308 g/mol. The molecule has 1 unspecified atom stereocenters. The Hall–Kier alpha value is -1.25. The third kappa shape index (κ3) is 2.88. The van der Waals surface area contributed by atoms with Gasteiger partial charge >= 0.3 is 0 Å². The Balaban J connectivity index is 1.93. The van der Waals surface area contributed by atoms with Gasteiger partial charge in [0, 0.05) is 19.8 Å². The van der Waals surface area contributed by atoms with Crippen molar-refractivity contribution < 1.29 is 8.42 Å². The fraction of sp³-hybridized carbons (Fsp3) is 0.462. The van der Waals surface area contributed by atoms with Gasteiger partial charge in [0.25, 0.3) is 10.0 Å². The molecular formula is C13H18N4O2S2. The van der Waals surface area contributed by atoms with Gasteiger partial charge < -0.3 is 5.32 Å². The topological polar surface area (TPSA) is 75.5 Å². The summed E-state index contributed by atoms with van der Waals surface area (Å²) < 4.78 is 29.6. The predicted molar refractivity (Wildman–Crippen MR) is 85.4 cm³/mol. The Labute approximate surface area is 128 Å². The summed E-state index contributed by atoms with van der Waals surface area (Å²) in [4.78, 5) is 4.31. The fourth-order valence-electron chi connectivity index (χ4n) is 2.43. The molecule has 3 heterocycles. The molecule has 0 aromatic carbocycles. The number of fused-ring (bicyclic) bond motifs is 1. The first-order chi connectivity index (χ1) is 10.1. The maximum atomic E-state index is 12.6. The van der Waals surface area contributed by atoms with E-state index in [9.17, 15) is 8.42 Å². The van der Waals surface area contributed by atoms with Gasteiger partial charge in [-0.25, -0.2) is 18.1 Å². The Morgan fingerprint density at radius 2 is 2.33 bits per heavy atom. The summed E-state index contributed by atoms with van der Waals surface area (Å²) in [6, 6.07) is 5.41. The van der Waals surface area contributed by atoms with Crippen molar-refractivity contribution in [3.63, 3.8) is 0 Å². The number of anilines is 1. The molecule has 1 fully saturated rings. The number of thioether (sulfide) groups is 1. The molecule has 2 N–H and O–H groups in total. The summed E-state index contributed by atoms with van der Waals surface area (Å²) in [6.45, 7) is 0.485. The van der Waals surface area contributed by atoms with E-state index in [2.05, 4.69) is 15.0 Å². The molecule has 2 aromatic heterocycles. The van der Waals surface area contributed by atoms with Crippen LogP contribution in [0.15, 0.2) is 29.4 Å². The number of sulfonamides is 1. The van der Waals surface area contributed by atoms with Gasteiger partial charge in [0.15, 0.2) is 10.8 Å². The zero-order valence-electron chi connectivity index (χ0n) is 11.7. The first kappa shape index (κ1) is 14.7. The van der Waals surface area contributed by atoms with Crippen LogP contribution in [0, 0.1) is 5.92 Å². The van der Waals surface area contributed by atoms with Gasteiger partial charge in [-0.3, -0.25) is 4.40 Å². The smallest absolute Gasteiger partial charge is 0.260 e. The molecule has 0 amide bonds. The average molecular weight is 326 g/mol. The van der Waals surface area contributed by atoms with Gasteiger partial charge in [0.1, 0.15) is 5.65 Å². The van der Waals surface area contributed by atoms with E-state index >= 15 is 0 Å². The van der Waals surface area contributed by atoms with E-state index in [0.717, 1.165) is 17.9 Å². The fourth-order valence-corrected chi connectivity index (χ4v) is 5.13. The molecule has 1 atom stereocenters. The van der Waals surface area contributed by atoms with E-state index in [-0.39, 0.29) is 5.03 Å². The van der Waals surface area contributed by atoms with E-state index in [1.807, 2.05) is 17.8 Å². The minimum absolute atomic E-state index is 0.172. The van der Waals surface area contributed by atoms with Crippen LogP contribution in [0.2, 0.25) is 0 Å². The van der Waals surface area contributed by atoms with Crippen molar-refractivity contribution in [1.82, 2.24) is 14.1 Å². The lowest BCUT2D eigenvalue weighted by Crippen LogP contribution is -2.30. The van der Waals surface area contributed by atoms with Crippen LogP contribution in [0.1, 0.15) is 6.42 Å². The quantitative estimate of drug-likeness (QED) is 0.869. The van der Waals surface area contributed by atoms with Crippen LogP contribution in [0.5, 0.6) is 0 Å². The largest absolute Gasteiger partial charge is 0.371 e. The summed E-state index contributed by atoms with van der Waals surface area (Å²) in [5, 5.41) is 3.04. The number of pyridine rings is 1. The highest BCUT2D eigenvalue weighted by atomic mass is 32.2. The van der Waals surface area contributed by atoms with E-state index in [1.165, 1.54) is 0 Å². The Kier molecular flexibility index (Phi) is 4.10. The van der Waals surface area contributed by atoms with Gasteiger partial charge in [-0.05, 0) is 36.0 Å². The molecule has 1 aliphatic rings. The van der Waals surface area contributed by atoms with Crippen molar-refractivity contribution >= 4 is 33.3 Å². The lowest BCUT2D eigenvalue weighted by molar-refractivity contribution is 0.543. The van der Waals surface area contributed by atoms with Crippen LogP contribution in [0.4, 0.5) is 5.82 Å². The first-order valence-electron chi connectivity index (χ1n) is 6.84. The first-order valence-corrected chi connectivity index (χ1v) is 9.48. The molecule has 3 rings (SSSR count). The summed E-state index contributed by atoms with van der Waals surface area (Å²) in [5.41, 5.74) is 0.610. The number of nitrogens with zero attached hydrogens (tertiary/aromatic N) is 2. The van der Waals surface area contributed by atoms with Crippen molar-refractivity contribution in [3.8, 4) is 0 Å². The SMILES string of the molecule is CNc1nc2ccccn2c1S(=O)(=O)NCC1CCSC1. The van der Waals surface area contributed by atoms with E-state index in [0.29, 0.717) is 23.9 Å². The summed E-state index contributed by atoms with van der Waals surface area (Å²) in [7, 11) is -1.92. The van der Waals surface area contributed by atoms with Crippen LogP contribution >= 0.6 is 11.8 Å². The van der Waals surface area contributed by atoms with Crippen molar-refractivity contribution in [2.45, 2.75) is 11.4 Å².